The Kier molecular flexibility index (Phi) is 3.45. The molecule has 0 radical (unpaired) electrons. The summed E-state index contributed by atoms with van der Waals surface area (Å²) >= 11 is 5.66. The predicted octanol–water partition coefficient (Wildman–Crippen LogP) is 1.83. The number of hydrogen-bond donors (Lipinski definition) is 2. The van der Waals surface area contributed by atoms with Crippen LogP contribution >= 0.6 is 11.6 Å². The Balaban J connectivity index is 2.41. The van der Waals surface area contributed by atoms with Crippen molar-refractivity contribution in [3.63, 3.8) is 0 Å². The number of halogens is 1. The lowest BCUT2D eigenvalue weighted by molar-refractivity contribution is 0.0697. The number of rotatable bonds is 4. The molecule has 0 spiro atoms. The molecule has 19 heavy (non-hydrogen) atoms. The summed E-state index contributed by atoms with van der Waals surface area (Å²) in [7, 11) is -3.93. The maximum atomic E-state index is 12.0. The van der Waals surface area contributed by atoms with Crippen LogP contribution in [0, 0.1) is 0 Å². The van der Waals surface area contributed by atoms with Crippen molar-refractivity contribution in [2.45, 2.75) is 4.90 Å². The third-order valence-electron chi connectivity index (χ3n) is 2.16. The highest BCUT2D eigenvalue weighted by atomic mass is 35.5. The smallest absolute Gasteiger partial charge is 0.337 e. The maximum absolute atomic E-state index is 12.0. The van der Waals surface area contributed by atoms with Crippen LogP contribution in [0.5, 0.6) is 0 Å². The predicted molar refractivity (Wildman–Crippen MR) is 65.7 cm³/mol. The molecule has 0 aliphatic rings. The van der Waals surface area contributed by atoms with Crippen LogP contribution in [0.15, 0.2) is 40.1 Å². The highest BCUT2D eigenvalue weighted by Crippen LogP contribution is 2.22. The summed E-state index contributed by atoms with van der Waals surface area (Å²) in [5.41, 5.74) is -0.165. The number of aromatic carboxylic acids is 1. The monoisotopic (exact) mass is 302 g/mol. The summed E-state index contributed by atoms with van der Waals surface area (Å²) in [6.45, 7) is 0. The number of aromatic nitrogens is 1. The number of carboxylic acids is 1. The fourth-order valence-corrected chi connectivity index (χ4v) is 2.55. The van der Waals surface area contributed by atoms with Crippen molar-refractivity contribution in [1.29, 1.82) is 0 Å². The van der Waals surface area contributed by atoms with Crippen molar-refractivity contribution in [3.05, 3.63) is 41.2 Å². The van der Waals surface area contributed by atoms with Crippen LogP contribution in [-0.4, -0.2) is 24.7 Å². The lowest BCUT2D eigenvalue weighted by Crippen LogP contribution is -2.13. The zero-order chi connectivity index (χ0) is 14.0. The Morgan fingerprint density at radius 1 is 1.42 bits per heavy atom. The second kappa shape index (κ2) is 4.90. The lowest BCUT2D eigenvalue weighted by Gasteiger charge is -2.07. The molecule has 0 amide bonds. The number of hydrogen-bond acceptors (Lipinski definition) is 5. The molecule has 0 saturated carbocycles. The first kappa shape index (κ1) is 13.4. The molecule has 1 aromatic carbocycles. The van der Waals surface area contributed by atoms with Crippen molar-refractivity contribution in [2.75, 3.05) is 4.72 Å². The fraction of sp³-hybridized carbons (Fsp3) is 0. The van der Waals surface area contributed by atoms with Gasteiger partial charge in [-0.05, 0) is 18.2 Å². The molecule has 1 aromatic heterocycles. The minimum Gasteiger partial charge on any atom is -0.478 e. The lowest BCUT2D eigenvalue weighted by atomic mass is 10.2. The number of carbonyl (C=O) groups is 1. The minimum absolute atomic E-state index is 0.0450. The normalized spacial score (nSPS) is 11.2. The van der Waals surface area contributed by atoms with Crippen molar-refractivity contribution in [2.24, 2.45) is 0 Å². The average Bonchev–Trinajstić information content (AvgIpc) is 2.80. The van der Waals surface area contributed by atoms with Crippen LogP contribution in [0.2, 0.25) is 5.02 Å². The second-order valence-corrected chi connectivity index (χ2v) is 5.56. The Morgan fingerprint density at radius 3 is 2.74 bits per heavy atom. The van der Waals surface area contributed by atoms with Crippen molar-refractivity contribution < 1.29 is 22.8 Å². The van der Waals surface area contributed by atoms with Crippen LogP contribution in [0.4, 0.5) is 5.69 Å². The largest absolute Gasteiger partial charge is 0.478 e. The van der Waals surface area contributed by atoms with Crippen LogP contribution in [0.1, 0.15) is 10.4 Å². The summed E-state index contributed by atoms with van der Waals surface area (Å²) in [4.78, 5) is 10.7. The topological polar surface area (TPSA) is 110 Å². The zero-order valence-corrected chi connectivity index (χ0v) is 10.8. The third-order valence-corrected chi connectivity index (χ3v) is 3.87. The SMILES string of the molecule is O=C(O)c1cc(S(=O)(=O)Nc2cnoc2)ccc1Cl. The van der Waals surface area contributed by atoms with E-state index in [0.717, 1.165) is 12.3 Å². The van der Waals surface area contributed by atoms with Crippen LogP contribution in [-0.2, 0) is 10.0 Å². The molecule has 0 saturated heterocycles. The van der Waals surface area contributed by atoms with Gasteiger partial charge in [0.05, 0.1) is 21.7 Å². The molecule has 0 unspecified atom stereocenters. The third kappa shape index (κ3) is 2.85. The van der Waals surface area contributed by atoms with Crippen LogP contribution in [0.3, 0.4) is 0 Å². The van der Waals surface area contributed by atoms with Gasteiger partial charge in [-0.25, -0.2) is 13.2 Å². The van der Waals surface area contributed by atoms with Gasteiger partial charge in [-0.3, -0.25) is 4.72 Å². The Hall–Kier alpha value is -2.06. The van der Waals surface area contributed by atoms with Gasteiger partial charge in [-0.2, -0.15) is 0 Å². The van der Waals surface area contributed by atoms with Crippen molar-refractivity contribution >= 4 is 33.3 Å². The van der Waals surface area contributed by atoms with Gasteiger partial charge in [0.15, 0.2) is 0 Å². The first-order chi connectivity index (χ1) is 8.90. The summed E-state index contributed by atoms with van der Waals surface area (Å²) in [5.74, 6) is -1.31. The molecular weight excluding hydrogens is 296 g/mol. The van der Waals surface area contributed by atoms with E-state index in [1.54, 1.807) is 0 Å². The van der Waals surface area contributed by atoms with E-state index in [9.17, 15) is 13.2 Å². The number of carboxylic acid groups (broad SMARTS) is 1. The Morgan fingerprint density at radius 2 is 2.16 bits per heavy atom. The van der Waals surface area contributed by atoms with E-state index in [1.165, 1.54) is 18.3 Å². The van der Waals surface area contributed by atoms with E-state index in [-0.39, 0.29) is 21.2 Å². The highest BCUT2D eigenvalue weighted by molar-refractivity contribution is 7.92. The molecule has 0 atom stereocenters. The molecule has 2 rings (SSSR count). The summed E-state index contributed by atoms with van der Waals surface area (Å²) in [6.07, 6.45) is 2.27. The summed E-state index contributed by atoms with van der Waals surface area (Å²) in [6, 6.07) is 3.37. The number of sulfonamides is 1. The van der Waals surface area contributed by atoms with Crippen LogP contribution < -0.4 is 4.72 Å². The molecular formula is C10H7ClN2O5S. The van der Waals surface area contributed by atoms with Crippen molar-refractivity contribution in [3.8, 4) is 0 Å². The summed E-state index contributed by atoms with van der Waals surface area (Å²) in [5, 5.41) is 12.2. The minimum atomic E-state index is -3.93. The van der Waals surface area contributed by atoms with Gasteiger partial charge >= 0.3 is 5.97 Å². The van der Waals surface area contributed by atoms with Crippen molar-refractivity contribution in [1.82, 2.24) is 5.16 Å². The molecule has 2 N–H and O–H groups in total. The molecule has 9 heteroatoms. The Labute approximate surface area is 112 Å². The van der Waals surface area contributed by atoms with Gasteiger partial charge in [0, 0.05) is 0 Å². The van der Waals surface area contributed by atoms with Gasteiger partial charge in [-0.1, -0.05) is 16.8 Å². The van der Waals surface area contributed by atoms with E-state index < -0.39 is 16.0 Å². The van der Waals surface area contributed by atoms with Gasteiger partial charge in [-0.15, -0.1) is 0 Å². The first-order valence-electron chi connectivity index (χ1n) is 4.85. The van der Waals surface area contributed by atoms with E-state index in [1.807, 2.05) is 0 Å². The molecule has 1 heterocycles. The quantitative estimate of drug-likeness (QED) is 0.891. The van der Waals surface area contributed by atoms with E-state index >= 15 is 0 Å². The summed E-state index contributed by atoms with van der Waals surface area (Å²) < 4.78 is 30.6. The van der Waals surface area contributed by atoms with Crippen LogP contribution in [0.25, 0.3) is 0 Å². The molecule has 7 nitrogen and oxygen atoms in total. The van der Waals surface area contributed by atoms with E-state index in [0.29, 0.717) is 0 Å². The number of benzene rings is 1. The maximum Gasteiger partial charge on any atom is 0.337 e. The van der Waals surface area contributed by atoms with Gasteiger partial charge < -0.3 is 9.63 Å². The highest BCUT2D eigenvalue weighted by Gasteiger charge is 2.19. The number of nitrogens with one attached hydrogen (secondary N) is 1. The van der Waals surface area contributed by atoms with Gasteiger partial charge in [0.25, 0.3) is 10.0 Å². The zero-order valence-electron chi connectivity index (χ0n) is 9.20. The van der Waals surface area contributed by atoms with E-state index in [4.69, 9.17) is 16.7 Å². The molecule has 100 valence electrons. The molecule has 0 bridgehead atoms. The average molecular weight is 303 g/mol. The standard InChI is InChI=1S/C10H7ClN2O5S/c11-9-2-1-7(3-8(9)10(14)15)19(16,17)13-6-4-12-18-5-6/h1-5,13H,(H,14,15). The first-order valence-corrected chi connectivity index (χ1v) is 6.71. The molecule has 0 aliphatic heterocycles. The molecule has 0 aliphatic carbocycles. The number of nitrogens with zero attached hydrogens (tertiary/aromatic N) is 1. The van der Waals surface area contributed by atoms with E-state index in [2.05, 4.69) is 14.4 Å². The van der Waals surface area contributed by atoms with Gasteiger partial charge in [0.1, 0.15) is 12.0 Å². The molecule has 0 fully saturated rings. The molecule has 2 aromatic rings. The second-order valence-electron chi connectivity index (χ2n) is 3.47. The Bertz CT molecular complexity index is 712. The van der Waals surface area contributed by atoms with Gasteiger partial charge in [0.2, 0.25) is 0 Å². The fourth-order valence-electron chi connectivity index (χ4n) is 1.30. The number of anilines is 1.